The van der Waals surface area contributed by atoms with E-state index in [0.29, 0.717) is 0 Å². The summed E-state index contributed by atoms with van der Waals surface area (Å²) in [6.07, 6.45) is 0.964. The lowest BCUT2D eigenvalue weighted by Gasteiger charge is -2.27. The number of rotatable bonds is 5. The van der Waals surface area contributed by atoms with Gasteiger partial charge in [0.2, 0.25) is 0 Å². The highest BCUT2D eigenvalue weighted by atomic mass is 15.1. The monoisotopic (exact) mass is 562 g/mol. The van der Waals surface area contributed by atoms with E-state index >= 15 is 0 Å². The highest BCUT2D eigenvalue weighted by Gasteiger charge is 2.29. The fourth-order valence-electron chi connectivity index (χ4n) is 7.48. The molecule has 0 unspecified atom stereocenters. The lowest BCUT2D eigenvalue weighted by Crippen LogP contribution is -2.17. The van der Waals surface area contributed by atoms with E-state index in [1.54, 1.807) is 0 Å². The zero-order chi connectivity index (χ0) is 29.2. The average Bonchev–Trinajstić information content (AvgIpc) is 3.62. The Balaban J connectivity index is 1.16. The largest absolute Gasteiger partial charge is 0.397 e. The van der Waals surface area contributed by atoms with Gasteiger partial charge in [0.05, 0.1) is 11.4 Å². The summed E-state index contributed by atoms with van der Waals surface area (Å²) in [7, 11) is 0. The molecule has 0 aliphatic heterocycles. The number of nitrogens with zero attached hydrogens (tertiary/aromatic N) is 1. The van der Waals surface area contributed by atoms with Gasteiger partial charge in [-0.05, 0) is 109 Å². The number of para-hydroxylation sites is 2. The van der Waals surface area contributed by atoms with E-state index in [0.717, 1.165) is 30.0 Å². The van der Waals surface area contributed by atoms with Gasteiger partial charge in [0.1, 0.15) is 0 Å². The zero-order valence-electron chi connectivity index (χ0n) is 24.3. The van der Waals surface area contributed by atoms with Crippen LogP contribution in [0.4, 0.5) is 17.1 Å². The molecular weight excluding hydrogens is 532 g/mol. The average molecular weight is 563 g/mol. The molecule has 2 nitrogen and oxygen atoms in total. The Kier molecular flexibility index (Phi) is 5.51. The van der Waals surface area contributed by atoms with Gasteiger partial charge in [-0.2, -0.15) is 0 Å². The molecule has 0 aromatic heterocycles. The summed E-state index contributed by atoms with van der Waals surface area (Å²) in [5, 5.41) is 2.80. The van der Waals surface area contributed by atoms with E-state index in [9.17, 15) is 0 Å². The Morgan fingerprint density at radius 2 is 1.23 bits per heavy atom. The van der Waals surface area contributed by atoms with Gasteiger partial charge in [-0.25, -0.2) is 0 Å². The van der Waals surface area contributed by atoms with Crippen LogP contribution >= 0.6 is 0 Å². The van der Waals surface area contributed by atoms with Crippen LogP contribution in [0, 0.1) is 0 Å². The van der Waals surface area contributed by atoms with Gasteiger partial charge in [0.25, 0.3) is 0 Å². The van der Waals surface area contributed by atoms with E-state index in [2.05, 4.69) is 138 Å². The molecule has 0 saturated carbocycles. The van der Waals surface area contributed by atoms with Crippen LogP contribution in [0.15, 0.2) is 146 Å². The van der Waals surface area contributed by atoms with Crippen LogP contribution in [-0.2, 0) is 13.0 Å². The van der Waals surface area contributed by atoms with Crippen molar-refractivity contribution < 1.29 is 0 Å². The first-order chi connectivity index (χ1) is 21.7. The Bertz CT molecular complexity index is 2230. The van der Waals surface area contributed by atoms with Gasteiger partial charge >= 0.3 is 0 Å². The molecule has 44 heavy (non-hydrogen) atoms. The summed E-state index contributed by atoms with van der Waals surface area (Å²) in [6.45, 7) is 0.738. The van der Waals surface area contributed by atoms with Gasteiger partial charge in [-0.15, -0.1) is 0 Å². The number of hydrogen-bond acceptors (Lipinski definition) is 2. The molecule has 0 atom stereocenters. The molecule has 0 spiro atoms. The van der Waals surface area contributed by atoms with Crippen LogP contribution in [0.1, 0.15) is 16.7 Å². The SMILES string of the molecule is Nc1ccccc1N(Cc1ccccc1)c1ccc(-c2cccc3c2-c2cc4c5c(cccc5c2C3)-c2ccccc2-4)cc1. The predicted molar refractivity (Wildman–Crippen MR) is 185 cm³/mol. The molecule has 9 rings (SSSR count). The Labute approximate surface area is 257 Å². The number of fused-ring (bicyclic) bond motifs is 7. The molecule has 7 aromatic carbocycles. The first-order valence-corrected chi connectivity index (χ1v) is 15.3. The number of anilines is 3. The molecule has 2 heteroatoms. The van der Waals surface area contributed by atoms with Crippen molar-refractivity contribution in [2.75, 3.05) is 10.6 Å². The fourth-order valence-corrected chi connectivity index (χ4v) is 7.48. The van der Waals surface area contributed by atoms with Gasteiger partial charge in [-0.1, -0.05) is 115 Å². The first kappa shape index (κ1) is 24.9. The van der Waals surface area contributed by atoms with Crippen molar-refractivity contribution in [2.24, 2.45) is 0 Å². The van der Waals surface area contributed by atoms with Crippen LogP contribution in [0.2, 0.25) is 0 Å². The summed E-state index contributed by atoms with van der Waals surface area (Å²) in [6, 6.07) is 52.7. The van der Waals surface area contributed by atoms with E-state index in [1.807, 2.05) is 12.1 Å². The molecule has 0 saturated heterocycles. The Hall–Kier alpha value is -5.60. The zero-order valence-corrected chi connectivity index (χ0v) is 24.3. The van der Waals surface area contributed by atoms with Gasteiger partial charge in [0, 0.05) is 12.2 Å². The van der Waals surface area contributed by atoms with Crippen LogP contribution < -0.4 is 10.6 Å². The maximum Gasteiger partial charge on any atom is 0.0647 e. The number of nitrogens with two attached hydrogens (primary N) is 1. The summed E-state index contributed by atoms with van der Waals surface area (Å²) in [5.41, 5.74) is 24.2. The van der Waals surface area contributed by atoms with Crippen molar-refractivity contribution in [3.05, 3.63) is 162 Å². The summed E-state index contributed by atoms with van der Waals surface area (Å²) in [4.78, 5) is 2.31. The highest BCUT2D eigenvalue weighted by Crippen LogP contribution is 2.53. The third-order valence-electron chi connectivity index (χ3n) is 9.47. The first-order valence-electron chi connectivity index (χ1n) is 15.3. The van der Waals surface area contributed by atoms with Crippen molar-refractivity contribution in [2.45, 2.75) is 13.0 Å². The lowest BCUT2D eigenvalue weighted by atomic mass is 9.91. The molecule has 0 amide bonds. The molecule has 0 radical (unpaired) electrons. The molecule has 7 aromatic rings. The minimum Gasteiger partial charge on any atom is -0.397 e. The van der Waals surface area contributed by atoms with Crippen LogP contribution in [-0.4, -0.2) is 0 Å². The van der Waals surface area contributed by atoms with Gasteiger partial charge in [-0.3, -0.25) is 0 Å². The van der Waals surface area contributed by atoms with Crippen molar-refractivity contribution in [1.82, 2.24) is 0 Å². The quantitative estimate of drug-likeness (QED) is 0.211. The van der Waals surface area contributed by atoms with Gasteiger partial charge in [0.15, 0.2) is 0 Å². The van der Waals surface area contributed by atoms with Crippen molar-refractivity contribution in [3.8, 4) is 44.5 Å². The normalized spacial score (nSPS) is 12.2. The summed E-state index contributed by atoms with van der Waals surface area (Å²) < 4.78 is 0. The molecule has 0 bridgehead atoms. The van der Waals surface area contributed by atoms with Crippen molar-refractivity contribution in [3.63, 3.8) is 0 Å². The third kappa shape index (κ3) is 3.74. The molecular formula is C42H30N2. The van der Waals surface area contributed by atoms with E-state index in [4.69, 9.17) is 5.73 Å². The van der Waals surface area contributed by atoms with E-state index < -0.39 is 0 Å². The van der Waals surface area contributed by atoms with E-state index in [1.165, 1.54) is 72.0 Å². The number of hydrogen-bond donors (Lipinski definition) is 1. The predicted octanol–water partition coefficient (Wildman–Crippen LogP) is 10.6. The van der Waals surface area contributed by atoms with E-state index in [-0.39, 0.29) is 0 Å². The highest BCUT2D eigenvalue weighted by molar-refractivity contribution is 6.18. The molecule has 0 fully saturated rings. The second kappa shape index (κ2) is 9.72. The summed E-state index contributed by atoms with van der Waals surface area (Å²) in [5.74, 6) is 0. The van der Waals surface area contributed by atoms with Crippen molar-refractivity contribution >= 4 is 27.8 Å². The minimum atomic E-state index is 0.738. The molecule has 208 valence electrons. The molecule has 2 aliphatic rings. The minimum absolute atomic E-state index is 0.738. The summed E-state index contributed by atoms with van der Waals surface area (Å²) >= 11 is 0. The van der Waals surface area contributed by atoms with Crippen LogP contribution in [0.5, 0.6) is 0 Å². The maximum atomic E-state index is 6.50. The second-order valence-electron chi connectivity index (χ2n) is 11.9. The second-order valence-corrected chi connectivity index (χ2v) is 11.9. The standard InChI is InChI=1S/C42H30N2/c43-39-18-6-7-19-40(39)44(26-27-10-2-1-3-11-27)30-22-20-28(21-23-30)31-15-8-12-29-24-36-35-17-9-16-34-32-13-4-5-14-33(32)37(42(34)35)25-38(36)41(29)31/h1-23,25H,24,26,43H2. The Morgan fingerprint density at radius 3 is 2.05 bits per heavy atom. The number of nitrogen functional groups attached to an aromatic ring is 1. The van der Waals surface area contributed by atoms with Crippen LogP contribution in [0.3, 0.4) is 0 Å². The lowest BCUT2D eigenvalue weighted by molar-refractivity contribution is 0.977. The molecule has 2 N–H and O–H groups in total. The maximum absolute atomic E-state index is 6.50. The molecule has 0 heterocycles. The fraction of sp³-hybridized carbons (Fsp3) is 0.0476. The Morgan fingerprint density at radius 1 is 0.545 bits per heavy atom. The topological polar surface area (TPSA) is 29.3 Å². The number of benzene rings is 7. The van der Waals surface area contributed by atoms with Crippen molar-refractivity contribution in [1.29, 1.82) is 0 Å². The third-order valence-corrected chi connectivity index (χ3v) is 9.47. The van der Waals surface area contributed by atoms with Gasteiger partial charge < -0.3 is 10.6 Å². The smallest absolute Gasteiger partial charge is 0.0647 e. The molecule has 2 aliphatic carbocycles. The van der Waals surface area contributed by atoms with Crippen LogP contribution in [0.25, 0.3) is 55.3 Å².